The van der Waals surface area contributed by atoms with Crippen molar-refractivity contribution in [2.24, 2.45) is 17.8 Å². The maximum absolute atomic E-state index is 6.07. The van der Waals surface area contributed by atoms with E-state index in [-0.39, 0.29) is 5.41 Å². The largest absolute Gasteiger partial charge is 0.486 e. The standard InChI is InChI=1S/C24H24N4OS/c1-2-4-19-10-20(6-5-18(19)3-1)29-14-21-27-28-22(25-26-23(28)30-21)24-11-15-7-16(12-24)9-17(8-15)13-24/h1-6,10,15-17H,7-9,11-14H2. The lowest BCUT2D eigenvalue weighted by Crippen LogP contribution is -2.49. The third-order valence-electron chi connectivity index (χ3n) is 7.63. The molecule has 4 bridgehead atoms. The van der Waals surface area contributed by atoms with Crippen molar-refractivity contribution in [3.63, 3.8) is 0 Å². The number of benzene rings is 2. The van der Waals surface area contributed by atoms with E-state index >= 15 is 0 Å². The predicted octanol–water partition coefficient (Wildman–Crippen LogP) is 5.39. The topological polar surface area (TPSA) is 52.3 Å². The van der Waals surface area contributed by atoms with Gasteiger partial charge in [0, 0.05) is 5.41 Å². The fourth-order valence-corrected chi connectivity index (χ4v) is 7.58. The Morgan fingerprint density at radius 3 is 2.43 bits per heavy atom. The van der Waals surface area contributed by atoms with Crippen molar-refractivity contribution < 1.29 is 4.74 Å². The molecule has 0 spiro atoms. The van der Waals surface area contributed by atoms with Crippen molar-refractivity contribution in [2.45, 2.75) is 50.5 Å². The molecule has 2 aromatic carbocycles. The van der Waals surface area contributed by atoms with Crippen LogP contribution in [-0.2, 0) is 12.0 Å². The predicted molar refractivity (Wildman–Crippen MR) is 117 cm³/mol. The van der Waals surface area contributed by atoms with E-state index in [1.165, 1.54) is 49.3 Å². The molecule has 4 aromatic rings. The number of ether oxygens (including phenoxy) is 1. The first-order valence-electron chi connectivity index (χ1n) is 11.1. The van der Waals surface area contributed by atoms with Gasteiger partial charge in [0.05, 0.1) is 0 Å². The third kappa shape index (κ3) is 2.62. The molecule has 0 radical (unpaired) electrons. The summed E-state index contributed by atoms with van der Waals surface area (Å²) in [5, 5.41) is 17.4. The van der Waals surface area contributed by atoms with Crippen molar-refractivity contribution in [2.75, 3.05) is 0 Å². The minimum absolute atomic E-state index is 0.207. The van der Waals surface area contributed by atoms with Crippen LogP contribution in [0.2, 0.25) is 0 Å². The lowest BCUT2D eigenvalue weighted by atomic mass is 9.49. The fourth-order valence-electron chi connectivity index (χ4n) is 6.83. The Morgan fingerprint density at radius 2 is 1.67 bits per heavy atom. The molecule has 0 N–H and O–H groups in total. The van der Waals surface area contributed by atoms with Crippen molar-refractivity contribution in [1.82, 2.24) is 19.8 Å². The van der Waals surface area contributed by atoms with Crippen LogP contribution in [0.5, 0.6) is 5.75 Å². The monoisotopic (exact) mass is 416 g/mol. The Labute approximate surface area is 179 Å². The smallest absolute Gasteiger partial charge is 0.234 e. The van der Waals surface area contributed by atoms with Crippen LogP contribution in [0.3, 0.4) is 0 Å². The van der Waals surface area contributed by atoms with E-state index < -0.39 is 0 Å². The highest BCUT2D eigenvalue weighted by molar-refractivity contribution is 7.16. The average Bonchev–Trinajstić information content (AvgIpc) is 3.31. The molecule has 5 nitrogen and oxygen atoms in total. The van der Waals surface area contributed by atoms with Gasteiger partial charge >= 0.3 is 0 Å². The molecule has 4 aliphatic rings. The molecule has 152 valence electrons. The fraction of sp³-hybridized carbons (Fsp3) is 0.458. The Morgan fingerprint density at radius 1 is 0.933 bits per heavy atom. The van der Waals surface area contributed by atoms with Crippen LogP contribution in [-0.4, -0.2) is 19.8 Å². The summed E-state index contributed by atoms with van der Waals surface area (Å²) in [5.74, 6) is 4.65. The summed E-state index contributed by atoms with van der Waals surface area (Å²) >= 11 is 1.60. The lowest BCUT2D eigenvalue weighted by Gasteiger charge is -2.55. The first-order chi connectivity index (χ1) is 14.7. The Balaban J connectivity index is 1.16. The van der Waals surface area contributed by atoms with Gasteiger partial charge in [0.15, 0.2) is 10.8 Å². The van der Waals surface area contributed by atoms with Gasteiger partial charge < -0.3 is 4.74 Å². The quantitative estimate of drug-likeness (QED) is 0.448. The number of hydrogen-bond acceptors (Lipinski definition) is 5. The van der Waals surface area contributed by atoms with Gasteiger partial charge in [0.25, 0.3) is 0 Å². The zero-order valence-corrected chi connectivity index (χ0v) is 17.6. The normalized spacial score (nSPS) is 29.8. The van der Waals surface area contributed by atoms with Crippen molar-refractivity contribution in [3.8, 4) is 5.75 Å². The summed E-state index contributed by atoms with van der Waals surface area (Å²) < 4.78 is 8.11. The summed E-state index contributed by atoms with van der Waals surface area (Å²) in [7, 11) is 0. The summed E-state index contributed by atoms with van der Waals surface area (Å²) in [4.78, 5) is 0.901. The highest BCUT2D eigenvalue weighted by Gasteiger charge is 2.54. The molecule has 0 atom stereocenters. The van der Waals surface area contributed by atoms with Gasteiger partial charge in [0.1, 0.15) is 12.4 Å². The van der Waals surface area contributed by atoms with Crippen molar-refractivity contribution in [3.05, 3.63) is 53.3 Å². The first-order valence-corrected chi connectivity index (χ1v) is 11.9. The second-order valence-corrected chi connectivity index (χ2v) is 10.7. The van der Waals surface area contributed by atoms with Crippen LogP contribution < -0.4 is 4.74 Å². The molecule has 6 heteroatoms. The number of aromatic nitrogens is 4. The molecule has 4 fully saturated rings. The molecule has 0 saturated heterocycles. The van der Waals surface area contributed by atoms with Crippen LogP contribution in [0.25, 0.3) is 15.7 Å². The van der Waals surface area contributed by atoms with Crippen LogP contribution >= 0.6 is 11.3 Å². The van der Waals surface area contributed by atoms with E-state index in [1.807, 2.05) is 10.6 Å². The summed E-state index contributed by atoms with van der Waals surface area (Å²) in [5.41, 5.74) is 0.207. The second-order valence-electron chi connectivity index (χ2n) is 9.71. The molecule has 2 heterocycles. The Bertz CT molecular complexity index is 1220. The Kier molecular flexibility index (Phi) is 3.60. The molecule has 0 amide bonds. The lowest BCUT2D eigenvalue weighted by molar-refractivity contribution is -0.0103. The van der Waals surface area contributed by atoms with Gasteiger partial charge in [-0.3, -0.25) is 0 Å². The SMILES string of the molecule is c1ccc2cc(OCc3nn4c(C56CC7CC(CC(C7)C5)C6)nnc4s3)ccc2c1. The third-order valence-corrected chi connectivity index (χ3v) is 8.50. The van der Waals surface area contributed by atoms with Gasteiger partial charge in [0.2, 0.25) is 4.96 Å². The second kappa shape index (κ2) is 6.27. The van der Waals surface area contributed by atoms with Crippen LogP contribution in [0.4, 0.5) is 0 Å². The van der Waals surface area contributed by atoms with E-state index in [9.17, 15) is 0 Å². The molecular formula is C24H24N4OS. The zero-order valence-electron chi connectivity index (χ0n) is 16.8. The van der Waals surface area contributed by atoms with E-state index in [4.69, 9.17) is 9.84 Å². The van der Waals surface area contributed by atoms with E-state index in [2.05, 4.69) is 46.6 Å². The van der Waals surface area contributed by atoms with Crippen LogP contribution in [0, 0.1) is 17.8 Å². The molecule has 0 unspecified atom stereocenters. The zero-order chi connectivity index (χ0) is 19.7. The first kappa shape index (κ1) is 17.2. The van der Waals surface area contributed by atoms with Crippen molar-refractivity contribution in [1.29, 1.82) is 0 Å². The van der Waals surface area contributed by atoms with Crippen molar-refractivity contribution >= 4 is 27.1 Å². The maximum Gasteiger partial charge on any atom is 0.234 e. The number of nitrogens with zero attached hydrogens (tertiary/aromatic N) is 4. The highest BCUT2D eigenvalue weighted by atomic mass is 32.1. The number of hydrogen-bond donors (Lipinski definition) is 0. The minimum Gasteiger partial charge on any atom is -0.486 e. The Hall–Kier alpha value is -2.47. The van der Waals surface area contributed by atoms with Gasteiger partial charge in [-0.1, -0.05) is 41.7 Å². The van der Waals surface area contributed by atoms with Gasteiger partial charge in [-0.2, -0.15) is 9.61 Å². The minimum atomic E-state index is 0.207. The van der Waals surface area contributed by atoms with E-state index in [1.54, 1.807) is 11.3 Å². The number of rotatable bonds is 4. The number of fused-ring (bicyclic) bond motifs is 2. The molecule has 4 saturated carbocycles. The molecule has 8 rings (SSSR count). The van der Waals surface area contributed by atoms with Gasteiger partial charge in [-0.15, -0.1) is 10.2 Å². The molecule has 2 aromatic heterocycles. The molecule has 0 aliphatic heterocycles. The van der Waals surface area contributed by atoms with Gasteiger partial charge in [-0.05, 0) is 79.2 Å². The van der Waals surface area contributed by atoms with Crippen LogP contribution in [0.1, 0.15) is 49.4 Å². The summed E-state index contributed by atoms with van der Waals surface area (Å²) in [6.45, 7) is 0.465. The highest BCUT2D eigenvalue weighted by Crippen LogP contribution is 2.60. The van der Waals surface area contributed by atoms with E-state index in [0.29, 0.717) is 6.61 Å². The molecule has 30 heavy (non-hydrogen) atoms. The summed E-state index contributed by atoms with van der Waals surface area (Å²) in [6, 6.07) is 14.6. The van der Waals surface area contributed by atoms with Gasteiger partial charge in [-0.25, -0.2) is 0 Å². The molecular weight excluding hydrogens is 392 g/mol. The summed E-state index contributed by atoms with van der Waals surface area (Å²) in [6.07, 6.45) is 8.13. The molecule has 4 aliphatic carbocycles. The average molecular weight is 417 g/mol. The maximum atomic E-state index is 6.07. The van der Waals surface area contributed by atoms with E-state index in [0.717, 1.165) is 39.3 Å². The van der Waals surface area contributed by atoms with Crippen LogP contribution in [0.15, 0.2) is 42.5 Å².